The van der Waals surface area contributed by atoms with E-state index in [9.17, 15) is 0 Å². The van der Waals surface area contributed by atoms with Crippen LogP contribution in [0.3, 0.4) is 0 Å². The molecule has 0 aliphatic carbocycles. The molecular formula is C11H27NO3Si. The van der Waals surface area contributed by atoms with Gasteiger partial charge in [-0.15, -0.1) is 0 Å². The lowest BCUT2D eigenvalue weighted by molar-refractivity contribution is 0.0677. The monoisotopic (exact) mass is 249 g/mol. The van der Waals surface area contributed by atoms with E-state index in [4.69, 9.17) is 13.3 Å². The molecule has 0 saturated carbocycles. The Morgan fingerprint density at radius 2 is 1.44 bits per heavy atom. The topological polar surface area (TPSA) is 39.7 Å². The molecule has 16 heavy (non-hydrogen) atoms. The number of rotatable bonds is 10. The van der Waals surface area contributed by atoms with Gasteiger partial charge in [-0.2, -0.15) is 0 Å². The van der Waals surface area contributed by atoms with Crippen LogP contribution in [0.15, 0.2) is 0 Å². The summed E-state index contributed by atoms with van der Waals surface area (Å²) in [6, 6.07) is 0.878. The Morgan fingerprint density at radius 3 is 1.75 bits per heavy atom. The first-order valence-corrected chi connectivity index (χ1v) is 8.13. The Morgan fingerprint density at radius 1 is 1.00 bits per heavy atom. The van der Waals surface area contributed by atoms with E-state index in [1.165, 1.54) is 0 Å². The van der Waals surface area contributed by atoms with E-state index in [1.54, 1.807) is 0 Å². The smallest absolute Gasteiger partial charge is 0.374 e. The summed E-state index contributed by atoms with van der Waals surface area (Å²) in [5, 5.41) is 3.17. The van der Waals surface area contributed by atoms with Crippen LogP contribution >= 0.6 is 0 Å². The normalized spacial score (nSPS) is 14.1. The molecule has 0 heterocycles. The second kappa shape index (κ2) is 9.12. The largest absolute Gasteiger partial charge is 0.501 e. The molecule has 0 rings (SSSR count). The van der Waals surface area contributed by atoms with Crippen molar-refractivity contribution >= 4 is 8.80 Å². The third kappa shape index (κ3) is 5.96. The van der Waals surface area contributed by atoms with Gasteiger partial charge < -0.3 is 18.6 Å². The third-order valence-electron chi connectivity index (χ3n) is 2.24. The van der Waals surface area contributed by atoms with Crippen LogP contribution in [0, 0.1) is 5.92 Å². The molecule has 0 aliphatic rings. The highest BCUT2D eigenvalue weighted by Gasteiger charge is 2.41. The average molecular weight is 249 g/mol. The number of hydrogen-bond donors (Lipinski definition) is 1. The molecule has 0 bridgehead atoms. The van der Waals surface area contributed by atoms with Crippen molar-refractivity contribution in [1.29, 1.82) is 0 Å². The summed E-state index contributed by atoms with van der Waals surface area (Å²) in [7, 11) is -0.476. The lowest BCUT2D eigenvalue weighted by atomic mass is 10.2. The van der Waals surface area contributed by atoms with Crippen LogP contribution in [0.4, 0.5) is 0 Å². The van der Waals surface area contributed by atoms with Gasteiger partial charge in [0.25, 0.3) is 0 Å². The van der Waals surface area contributed by atoms with Crippen molar-refractivity contribution in [2.24, 2.45) is 5.92 Å². The average Bonchev–Trinajstić information content (AvgIpc) is 2.18. The Bertz CT molecular complexity index is 152. The first-order chi connectivity index (χ1) is 7.64. The molecule has 0 aromatic carbocycles. The van der Waals surface area contributed by atoms with Gasteiger partial charge in [-0.3, -0.25) is 0 Å². The minimum atomic E-state index is -2.44. The summed E-state index contributed by atoms with van der Waals surface area (Å²) in [4.78, 5) is 0. The maximum absolute atomic E-state index is 5.79. The van der Waals surface area contributed by atoms with Gasteiger partial charge in [-0.25, -0.2) is 0 Å². The maximum atomic E-state index is 5.79. The molecule has 1 N–H and O–H groups in total. The van der Waals surface area contributed by atoms with Crippen molar-refractivity contribution in [1.82, 2.24) is 5.32 Å². The first-order valence-electron chi connectivity index (χ1n) is 6.20. The van der Waals surface area contributed by atoms with Gasteiger partial charge in [0.05, 0.1) is 0 Å². The summed E-state index contributed by atoms with van der Waals surface area (Å²) in [6.07, 6.45) is 0. The van der Waals surface area contributed by atoms with E-state index in [2.05, 4.69) is 12.2 Å². The maximum Gasteiger partial charge on any atom is 0.501 e. The zero-order chi connectivity index (χ0) is 12.4. The molecule has 0 amide bonds. The summed E-state index contributed by atoms with van der Waals surface area (Å²) < 4.78 is 17.4. The molecule has 5 heteroatoms. The van der Waals surface area contributed by atoms with Gasteiger partial charge in [0.15, 0.2) is 0 Å². The van der Waals surface area contributed by atoms with Crippen molar-refractivity contribution in [2.75, 3.05) is 33.4 Å². The lowest BCUT2D eigenvalue weighted by Crippen LogP contribution is -2.48. The fourth-order valence-electron chi connectivity index (χ4n) is 1.81. The predicted octanol–water partition coefficient (Wildman–Crippen LogP) is 1.89. The minimum Gasteiger partial charge on any atom is -0.374 e. The molecule has 0 aromatic heterocycles. The fourth-order valence-corrected chi connectivity index (χ4v) is 4.73. The zero-order valence-corrected chi connectivity index (χ0v) is 12.3. The van der Waals surface area contributed by atoms with Crippen molar-refractivity contribution in [2.45, 2.75) is 33.7 Å². The summed E-state index contributed by atoms with van der Waals surface area (Å²) >= 11 is 0. The molecule has 98 valence electrons. The van der Waals surface area contributed by atoms with E-state index in [0.717, 1.165) is 12.6 Å². The minimum absolute atomic E-state index is 0.501. The zero-order valence-electron chi connectivity index (χ0n) is 11.3. The third-order valence-corrected chi connectivity index (χ3v) is 5.63. The fraction of sp³-hybridized carbons (Fsp3) is 1.00. The van der Waals surface area contributed by atoms with Gasteiger partial charge >= 0.3 is 8.80 Å². The molecule has 0 saturated heterocycles. The molecule has 0 spiro atoms. The van der Waals surface area contributed by atoms with Gasteiger partial charge in [0.2, 0.25) is 0 Å². The van der Waals surface area contributed by atoms with Crippen molar-refractivity contribution in [3.05, 3.63) is 0 Å². The molecule has 1 atom stereocenters. The lowest BCUT2D eigenvalue weighted by Gasteiger charge is -2.30. The Balaban J connectivity index is 4.44. The van der Waals surface area contributed by atoms with Crippen LogP contribution in [0.5, 0.6) is 0 Å². The van der Waals surface area contributed by atoms with E-state index in [1.807, 2.05) is 27.8 Å². The van der Waals surface area contributed by atoms with E-state index in [-0.39, 0.29) is 0 Å². The molecule has 4 nitrogen and oxygen atoms in total. The van der Waals surface area contributed by atoms with Gasteiger partial charge in [-0.05, 0) is 40.3 Å². The van der Waals surface area contributed by atoms with Crippen LogP contribution in [-0.4, -0.2) is 42.2 Å². The Kier molecular flexibility index (Phi) is 9.16. The number of nitrogens with one attached hydrogen (secondary N) is 1. The molecule has 0 aromatic rings. The van der Waals surface area contributed by atoms with Gasteiger partial charge in [0.1, 0.15) is 0 Å². The number of hydrogen-bond acceptors (Lipinski definition) is 4. The molecule has 0 aliphatic heterocycles. The Hall–Kier alpha value is 0.0569. The van der Waals surface area contributed by atoms with Crippen molar-refractivity contribution in [3.8, 4) is 0 Å². The molecule has 0 fully saturated rings. The van der Waals surface area contributed by atoms with Crippen molar-refractivity contribution < 1.29 is 13.3 Å². The van der Waals surface area contributed by atoms with Crippen LogP contribution in [0.1, 0.15) is 27.7 Å². The molecule has 0 radical (unpaired) electrons. The summed E-state index contributed by atoms with van der Waals surface area (Å²) in [6.45, 7) is 11.1. The van der Waals surface area contributed by atoms with E-state index in [0.29, 0.717) is 25.7 Å². The summed E-state index contributed by atoms with van der Waals surface area (Å²) in [5.74, 6) is 0.501. The van der Waals surface area contributed by atoms with Gasteiger partial charge in [-0.1, -0.05) is 6.92 Å². The second-order valence-corrected chi connectivity index (χ2v) is 6.49. The predicted molar refractivity (Wildman–Crippen MR) is 68.5 cm³/mol. The van der Waals surface area contributed by atoms with Crippen LogP contribution in [-0.2, 0) is 13.3 Å². The summed E-state index contributed by atoms with van der Waals surface area (Å²) in [5.41, 5.74) is 0. The first kappa shape index (κ1) is 16.1. The highest BCUT2D eigenvalue weighted by atomic mass is 28.4. The van der Waals surface area contributed by atoms with Gasteiger partial charge in [0, 0.05) is 25.9 Å². The Labute approximate surface area is 101 Å². The van der Waals surface area contributed by atoms with Crippen LogP contribution in [0.2, 0.25) is 6.04 Å². The van der Waals surface area contributed by atoms with E-state index >= 15 is 0 Å². The SMILES string of the molecule is CCO[Si](CC(C)CNC)(OCC)OCC. The van der Waals surface area contributed by atoms with E-state index < -0.39 is 8.80 Å². The highest BCUT2D eigenvalue weighted by Crippen LogP contribution is 2.21. The second-order valence-electron chi connectivity index (χ2n) is 3.85. The van der Waals surface area contributed by atoms with Crippen LogP contribution < -0.4 is 5.32 Å². The molecule has 1 unspecified atom stereocenters. The molecular weight excluding hydrogens is 222 g/mol. The highest BCUT2D eigenvalue weighted by molar-refractivity contribution is 6.60. The van der Waals surface area contributed by atoms with Crippen LogP contribution in [0.25, 0.3) is 0 Å². The quantitative estimate of drug-likeness (QED) is 0.600. The standard InChI is InChI=1S/C11H27NO3Si/c1-6-13-16(14-7-2,15-8-3)10-11(4)9-12-5/h11-12H,6-10H2,1-5H3. The van der Waals surface area contributed by atoms with Crippen molar-refractivity contribution in [3.63, 3.8) is 0 Å².